The highest BCUT2D eigenvalue weighted by atomic mass is 13.9. The lowest BCUT2D eigenvalue weighted by molar-refractivity contribution is 0.695. The molecule has 0 aliphatic carbocycles. The van der Waals surface area contributed by atoms with E-state index in [0.717, 1.165) is 0 Å². The molecule has 13 heavy (non-hydrogen) atoms. The van der Waals surface area contributed by atoms with Crippen molar-refractivity contribution in [2.75, 3.05) is 0 Å². The van der Waals surface area contributed by atoms with Gasteiger partial charge in [-0.2, -0.15) is 0 Å². The van der Waals surface area contributed by atoms with Gasteiger partial charge in [-0.3, -0.25) is 0 Å². The van der Waals surface area contributed by atoms with E-state index in [9.17, 15) is 0 Å². The molecule has 0 aromatic rings. The average Bonchev–Trinajstić information content (AvgIpc) is 2.16. The van der Waals surface area contributed by atoms with Crippen molar-refractivity contribution in [1.82, 2.24) is 0 Å². The lowest BCUT2D eigenvalue weighted by Gasteiger charge is -1.93. The first-order valence-corrected chi connectivity index (χ1v) is 5.42. The van der Waals surface area contributed by atoms with Gasteiger partial charge >= 0.3 is 0 Å². The highest BCUT2D eigenvalue weighted by molar-refractivity contribution is 4.82. The summed E-state index contributed by atoms with van der Waals surface area (Å²) in [6, 6.07) is 0. The number of hydrogen-bond acceptors (Lipinski definition) is 0. The van der Waals surface area contributed by atoms with Crippen LogP contribution in [0.25, 0.3) is 0 Å². The Labute approximate surface area is 83.0 Å². The van der Waals surface area contributed by atoms with Crippen LogP contribution in [0.4, 0.5) is 0 Å². The lowest BCUT2D eigenvalue weighted by atomic mass is 10.1. The lowest BCUT2D eigenvalue weighted by Crippen LogP contribution is -1.74. The molecule has 0 fully saturated rings. The molecule has 0 aromatic heterocycles. The van der Waals surface area contributed by atoms with Gasteiger partial charge in [0.2, 0.25) is 0 Å². The fraction of sp³-hybridized carbons (Fsp3) is 0.615. The fourth-order valence-corrected chi connectivity index (χ4v) is 1.17. The van der Waals surface area contributed by atoms with Crippen molar-refractivity contribution in [2.45, 2.75) is 52.4 Å². The number of unbranched alkanes of at least 4 members (excludes halogenated alkanes) is 4. The zero-order valence-corrected chi connectivity index (χ0v) is 9.05. The van der Waals surface area contributed by atoms with Gasteiger partial charge < -0.3 is 0 Å². The Hall–Kier alpha value is -0.740. The molecule has 0 saturated carbocycles. The van der Waals surface area contributed by atoms with Crippen molar-refractivity contribution in [3.63, 3.8) is 0 Å². The summed E-state index contributed by atoms with van der Waals surface area (Å²) >= 11 is 0. The molecule has 0 spiro atoms. The quantitative estimate of drug-likeness (QED) is 0.303. The molecule has 74 valence electrons. The molecule has 0 saturated heterocycles. The van der Waals surface area contributed by atoms with Crippen LogP contribution < -0.4 is 0 Å². The summed E-state index contributed by atoms with van der Waals surface area (Å²) in [6.45, 7) is 4.18. The molecular weight excluding hydrogens is 156 g/mol. The van der Waals surface area contributed by atoms with E-state index in [1.54, 1.807) is 0 Å². The maximum absolute atomic E-state index is 3.10. The first-order valence-electron chi connectivity index (χ1n) is 5.42. The van der Waals surface area contributed by atoms with Gasteiger partial charge in [0, 0.05) is 0 Å². The number of rotatable bonds is 7. The predicted octanol–water partition coefficient (Wildman–Crippen LogP) is 4.63. The zero-order chi connectivity index (χ0) is 9.78. The Kier molecular flexibility index (Phi) is 10.6. The van der Waals surface area contributed by atoms with E-state index >= 15 is 0 Å². The molecule has 0 atom stereocenters. The van der Waals surface area contributed by atoms with E-state index in [2.05, 4.69) is 30.9 Å². The van der Waals surface area contributed by atoms with E-state index < -0.39 is 0 Å². The minimum Gasteiger partial charge on any atom is -0.130 e. The van der Waals surface area contributed by atoms with Crippen molar-refractivity contribution in [3.8, 4) is 0 Å². The Morgan fingerprint density at radius 3 is 2.46 bits per heavy atom. The van der Waals surface area contributed by atoms with Crippen LogP contribution >= 0.6 is 0 Å². The third-order valence-electron chi connectivity index (χ3n) is 1.91. The minimum atomic E-state index is 1.17. The van der Waals surface area contributed by atoms with Crippen LogP contribution in [0.1, 0.15) is 52.4 Å². The van der Waals surface area contributed by atoms with Crippen molar-refractivity contribution in [3.05, 3.63) is 30.0 Å². The van der Waals surface area contributed by atoms with E-state index in [0.29, 0.717) is 0 Å². The second-order valence-electron chi connectivity index (χ2n) is 3.18. The van der Waals surface area contributed by atoms with Gasteiger partial charge in [-0.15, -0.1) is 5.73 Å². The monoisotopic (exact) mass is 178 g/mol. The molecule has 0 rings (SSSR count). The molecule has 0 nitrogen and oxygen atoms in total. The summed E-state index contributed by atoms with van der Waals surface area (Å²) in [5.74, 6) is 0. The minimum absolute atomic E-state index is 1.17. The third-order valence-corrected chi connectivity index (χ3v) is 1.91. The van der Waals surface area contributed by atoms with Gasteiger partial charge in [0.15, 0.2) is 0 Å². The molecule has 0 aliphatic heterocycles. The van der Waals surface area contributed by atoms with Crippen LogP contribution in [0, 0.1) is 0 Å². The average molecular weight is 178 g/mol. The molecule has 0 aliphatic rings. The van der Waals surface area contributed by atoms with E-state index in [4.69, 9.17) is 0 Å². The standard InChI is InChI=1S/C13H22/c1-3-5-7-9-11-13-12-10-8-6-4-2/h3,6-8H,4,9-13H2,1-2H3. The summed E-state index contributed by atoms with van der Waals surface area (Å²) in [5.41, 5.74) is 3.10. The normalized spacial score (nSPS) is 10.0. The Balaban J connectivity index is 3.08. The maximum Gasteiger partial charge on any atom is -0.0274 e. The summed E-state index contributed by atoms with van der Waals surface area (Å²) in [6.07, 6.45) is 16.2. The molecule has 0 radical (unpaired) electrons. The molecule has 0 N–H and O–H groups in total. The Bertz CT molecular complexity index is 168. The first-order chi connectivity index (χ1) is 6.41. The second kappa shape index (κ2) is 11.3. The largest absolute Gasteiger partial charge is 0.130 e. The van der Waals surface area contributed by atoms with Crippen LogP contribution in [-0.4, -0.2) is 0 Å². The van der Waals surface area contributed by atoms with Crippen LogP contribution in [0.15, 0.2) is 30.0 Å². The fourth-order valence-electron chi connectivity index (χ4n) is 1.17. The molecule has 0 amide bonds. The van der Waals surface area contributed by atoms with Crippen molar-refractivity contribution < 1.29 is 0 Å². The second-order valence-corrected chi connectivity index (χ2v) is 3.18. The van der Waals surface area contributed by atoms with E-state index in [-0.39, 0.29) is 0 Å². The molecule has 0 unspecified atom stereocenters. The van der Waals surface area contributed by atoms with Crippen LogP contribution in [-0.2, 0) is 0 Å². The van der Waals surface area contributed by atoms with Crippen LogP contribution in [0.3, 0.4) is 0 Å². The molecule has 0 heterocycles. The van der Waals surface area contributed by atoms with E-state index in [1.165, 1.54) is 38.5 Å². The topological polar surface area (TPSA) is 0 Å². The molecule has 0 heteroatoms. The van der Waals surface area contributed by atoms with Crippen molar-refractivity contribution >= 4 is 0 Å². The highest BCUT2D eigenvalue weighted by Gasteiger charge is 1.84. The van der Waals surface area contributed by atoms with Gasteiger partial charge in [0.05, 0.1) is 0 Å². The van der Waals surface area contributed by atoms with Crippen LogP contribution in [0.5, 0.6) is 0 Å². The Morgan fingerprint density at radius 1 is 1.00 bits per heavy atom. The van der Waals surface area contributed by atoms with Crippen molar-refractivity contribution in [2.24, 2.45) is 0 Å². The zero-order valence-electron chi connectivity index (χ0n) is 9.05. The SMILES string of the molecule is CC=C=CCCCCCC=CCC. The number of hydrogen-bond donors (Lipinski definition) is 0. The summed E-state index contributed by atoms with van der Waals surface area (Å²) in [4.78, 5) is 0. The summed E-state index contributed by atoms with van der Waals surface area (Å²) in [5, 5.41) is 0. The molecule has 0 bridgehead atoms. The first kappa shape index (κ1) is 12.3. The van der Waals surface area contributed by atoms with Crippen LogP contribution in [0.2, 0.25) is 0 Å². The predicted molar refractivity (Wildman–Crippen MR) is 60.8 cm³/mol. The number of allylic oxidation sites excluding steroid dienone is 3. The summed E-state index contributed by atoms with van der Waals surface area (Å²) in [7, 11) is 0. The molecular formula is C13H22. The van der Waals surface area contributed by atoms with E-state index in [1.807, 2.05) is 13.0 Å². The van der Waals surface area contributed by atoms with Gasteiger partial charge in [-0.1, -0.05) is 25.5 Å². The smallest absolute Gasteiger partial charge is 0.0274 e. The highest BCUT2D eigenvalue weighted by Crippen LogP contribution is 2.04. The molecule has 0 aromatic carbocycles. The van der Waals surface area contributed by atoms with Gasteiger partial charge in [-0.05, 0) is 51.2 Å². The van der Waals surface area contributed by atoms with Gasteiger partial charge in [0.25, 0.3) is 0 Å². The Morgan fingerprint density at radius 2 is 1.77 bits per heavy atom. The van der Waals surface area contributed by atoms with Crippen molar-refractivity contribution in [1.29, 1.82) is 0 Å². The third kappa shape index (κ3) is 11.3. The van der Waals surface area contributed by atoms with Gasteiger partial charge in [-0.25, -0.2) is 0 Å². The maximum atomic E-state index is 3.10. The van der Waals surface area contributed by atoms with Gasteiger partial charge in [0.1, 0.15) is 0 Å². The summed E-state index contributed by atoms with van der Waals surface area (Å²) < 4.78 is 0.